The van der Waals surface area contributed by atoms with E-state index in [-0.39, 0.29) is 5.91 Å². The zero-order valence-corrected chi connectivity index (χ0v) is 10.8. The van der Waals surface area contributed by atoms with Crippen LogP contribution in [0, 0.1) is 5.41 Å². The van der Waals surface area contributed by atoms with Crippen molar-refractivity contribution in [3.05, 3.63) is 0 Å². The summed E-state index contributed by atoms with van der Waals surface area (Å²) in [6, 6.07) is 0.291. The van der Waals surface area contributed by atoms with Gasteiger partial charge in [0.2, 0.25) is 5.91 Å². The summed E-state index contributed by atoms with van der Waals surface area (Å²) in [5.41, 5.74) is -0.439. The molecule has 4 heteroatoms. The maximum absolute atomic E-state index is 12.2. The normalized spacial score (nSPS) is 24.3. The maximum atomic E-state index is 12.2. The van der Waals surface area contributed by atoms with Gasteiger partial charge in [-0.25, -0.2) is 0 Å². The number of carbonyl (C=O) groups is 1. The van der Waals surface area contributed by atoms with Gasteiger partial charge in [-0.2, -0.15) is 0 Å². The van der Waals surface area contributed by atoms with E-state index in [0.29, 0.717) is 11.9 Å². The number of rotatable bonds is 2. The van der Waals surface area contributed by atoms with Gasteiger partial charge >= 0.3 is 0 Å². The van der Waals surface area contributed by atoms with Crippen molar-refractivity contribution < 1.29 is 4.79 Å². The number of piperazine rings is 1. The van der Waals surface area contributed by atoms with Gasteiger partial charge in [0.1, 0.15) is 0 Å². The van der Waals surface area contributed by atoms with E-state index < -0.39 is 5.41 Å². The van der Waals surface area contributed by atoms with E-state index in [0.717, 1.165) is 19.6 Å². The third-order valence-electron chi connectivity index (χ3n) is 3.00. The Hall–Kier alpha value is -0.280. The zero-order valence-electron chi connectivity index (χ0n) is 10.1. The molecule has 1 aliphatic rings. The SMILES string of the molecule is CC1CN(C)CCN1C(=O)C(C)(C)CCl. The highest BCUT2D eigenvalue weighted by molar-refractivity contribution is 6.19. The molecule has 0 radical (unpaired) electrons. The number of alkyl halides is 1. The van der Waals surface area contributed by atoms with Gasteiger partial charge in [0.05, 0.1) is 5.41 Å². The van der Waals surface area contributed by atoms with E-state index in [1.807, 2.05) is 18.7 Å². The van der Waals surface area contributed by atoms with Crippen LogP contribution in [-0.2, 0) is 4.79 Å². The smallest absolute Gasteiger partial charge is 0.229 e. The Morgan fingerprint density at radius 3 is 2.53 bits per heavy atom. The second-order valence-corrected chi connectivity index (χ2v) is 5.39. The topological polar surface area (TPSA) is 23.6 Å². The lowest BCUT2D eigenvalue weighted by molar-refractivity contribution is -0.143. The van der Waals surface area contributed by atoms with Crippen molar-refractivity contribution in [2.24, 2.45) is 5.41 Å². The van der Waals surface area contributed by atoms with Crippen molar-refractivity contribution >= 4 is 17.5 Å². The van der Waals surface area contributed by atoms with E-state index in [1.165, 1.54) is 0 Å². The maximum Gasteiger partial charge on any atom is 0.229 e. The van der Waals surface area contributed by atoms with Crippen LogP contribution >= 0.6 is 11.6 Å². The molecule has 1 atom stereocenters. The Kier molecular flexibility index (Phi) is 4.01. The molecule has 0 aliphatic carbocycles. The van der Waals surface area contributed by atoms with Gasteiger partial charge in [-0.05, 0) is 27.8 Å². The van der Waals surface area contributed by atoms with Gasteiger partial charge < -0.3 is 9.80 Å². The van der Waals surface area contributed by atoms with Crippen molar-refractivity contribution in [2.75, 3.05) is 32.6 Å². The molecule has 0 saturated carbocycles. The highest BCUT2D eigenvalue weighted by Crippen LogP contribution is 2.23. The van der Waals surface area contributed by atoms with Crippen LogP contribution < -0.4 is 0 Å². The lowest BCUT2D eigenvalue weighted by Crippen LogP contribution is -2.56. The highest BCUT2D eigenvalue weighted by Gasteiger charge is 2.35. The fourth-order valence-electron chi connectivity index (χ4n) is 1.89. The molecule has 0 aromatic rings. The minimum absolute atomic E-state index is 0.179. The average molecular weight is 233 g/mol. The lowest BCUT2D eigenvalue weighted by Gasteiger charge is -2.41. The molecule has 1 fully saturated rings. The molecule has 15 heavy (non-hydrogen) atoms. The number of hydrogen-bond acceptors (Lipinski definition) is 2. The molecule has 1 rings (SSSR count). The molecule has 0 aromatic carbocycles. The summed E-state index contributed by atoms with van der Waals surface area (Å²) >= 11 is 5.83. The van der Waals surface area contributed by atoms with Crippen LogP contribution in [0.25, 0.3) is 0 Å². The van der Waals surface area contributed by atoms with Crippen LogP contribution in [0.1, 0.15) is 20.8 Å². The monoisotopic (exact) mass is 232 g/mol. The van der Waals surface area contributed by atoms with Gasteiger partial charge in [-0.15, -0.1) is 11.6 Å². The first-order valence-corrected chi connectivity index (χ1v) is 5.97. The Balaban J connectivity index is 2.68. The van der Waals surface area contributed by atoms with Gasteiger partial charge in [0.25, 0.3) is 0 Å². The van der Waals surface area contributed by atoms with Crippen LogP contribution in [-0.4, -0.2) is 54.3 Å². The lowest BCUT2D eigenvalue weighted by atomic mass is 9.93. The van der Waals surface area contributed by atoms with Gasteiger partial charge in [-0.3, -0.25) is 4.79 Å². The van der Waals surface area contributed by atoms with E-state index in [4.69, 9.17) is 11.6 Å². The Morgan fingerprint density at radius 1 is 1.47 bits per heavy atom. The summed E-state index contributed by atoms with van der Waals surface area (Å²) < 4.78 is 0. The van der Waals surface area contributed by atoms with Gasteiger partial charge in [0, 0.05) is 31.6 Å². The van der Waals surface area contributed by atoms with Gasteiger partial charge in [-0.1, -0.05) is 0 Å². The Bertz CT molecular complexity index is 243. The molecule has 0 N–H and O–H groups in total. The molecular formula is C11H21ClN2O. The summed E-state index contributed by atoms with van der Waals surface area (Å²) in [6.45, 7) is 8.63. The minimum Gasteiger partial charge on any atom is -0.337 e. The third kappa shape index (κ3) is 2.85. The summed E-state index contributed by atoms with van der Waals surface area (Å²) in [5, 5.41) is 0. The van der Waals surface area contributed by atoms with E-state index in [9.17, 15) is 4.79 Å². The zero-order chi connectivity index (χ0) is 11.6. The van der Waals surface area contributed by atoms with Crippen molar-refractivity contribution in [1.82, 2.24) is 9.80 Å². The highest BCUT2D eigenvalue weighted by atomic mass is 35.5. The molecule has 1 unspecified atom stereocenters. The summed E-state index contributed by atoms with van der Waals surface area (Å²) in [6.07, 6.45) is 0. The molecule has 3 nitrogen and oxygen atoms in total. The number of likely N-dealkylation sites (N-methyl/N-ethyl adjacent to an activating group) is 1. The van der Waals surface area contributed by atoms with E-state index in [2.05, 4.69) is 18.9 Å². The first kappa shape index (κ1) is 12.8. The van der Waals surface area contributed by atoms with Crippen molar-refractivity contribution in [2.45, 2.75) is 26.8 Å². The number of amides is 1. The summed E-state index contributed by atoms with van der Waals surface area (Å²) in [7, 11) is 2.09. The van der Waals surface area contributed by atoms with Crippen LogP contribution in [0.15, 0.2) is 0 Å². The van der Waals surface area contributed by atoms with Gasteiger partial charge in [0.15, 0.2) is 0 Å². The molecule has 1 aliphatic heterocycles. The predicted molar refractivity (Wildman–Crippen MR) is 63.2 cm³/mol. The summed E-state index contributed by atoms with van der Waals surface area (Å²) in [5.74, 6) is 0.559. The second-order valence-electron chi connectivity index (χ2n) is 5.13. The average Bonchev–Trinajstić information content (AvgIpc) is 2.17. The molecule has 1 heterocycles. The second kappa shape index (κ2) is 4.71. The standard InChI is InChI=1S/C11H21ClN2O/c1-9-7-13(4)5-6-14(9)10(15)11(2,3)8-12/h9H,5-8H2,1-4H3. The molecule has 88 valence electrons. The van der Waals surface area contributed by atoms with Crippen LogP contribution in [0.2, 0.25) is 0 Å². The summed E-state index contributed by atoms with van der Waals surface area (Å²) in [4.78, 5) is 16.4. The fourth-order valence-corrected chi connectivity index (χ4v) is 2.00. The van der Waals surface area contributed by atoms with Crippen LogP contribution in [0.5, 0.6) is 0 Å². The van der Waals surface area contributed by atoms with E-state index >= 15 is 0 Å². The quantitative estimate of drug-likeness (QED) is 0.673. The third-order valence-corrected chi connectivity index (χ3v) is 3.67. The number of carbonyl (C=O) groups excluding carboxylic acids is 1. The first-order chi connectivity index (χ1) is 6.88. The molecule has 0 aromatic heterocycles. The molecule has 0 spiro atoms. The number of halogens is 1. The largest absolute Gasteiger partial charge is 0.337 e. The Labute approximate surface area is 97.4 Å². The fraction of sp³-hybridized carbons (Fsp3) is 0.909. The van der Waals surface area contributed by atoms with Crippen LogP contribution in [0.3, 0.4) is 0 Å². The van der Waals surface area contributed by atoms with Crippen LogP contribution in [0.4, 0.5) is 0 Å². The molecule has 1 amide bonds. The van der Waals surface area contributed by atoms with Crippen molar-refractivity contribution in [3.63, 3.8) is 0 Å². The first-order valence-electron chi connectivity index (χ1n) is 5.44. The molecule has 0 bridgehead atoms. The molecular weight excluding hydrogens is 212 g/mol. The minimum atomic E-state index is -0.439. The van der Waals surface area contributed by atoms with E-state index in [1.54, 1.807) is 0 Å². The Morgan fingerprint density at radius 2 is 2.07 bits per heavy atom. The predicted octanol–water partition coefficient (Wildman–Crippen LogP) is 1.41. The molecule has 1 saturated heterocycles. The number of nitrogens with zero attached hydrogens (tertiary/aromatic N) is 2. The number of hydrogen-bond donors (Lipinski definition) is 0. The van der Waals surface area contributed by atoms with Crippen molar-refractivity contribution in [3.8, 4) is 0 Å². The van der Waals surface area contributed by atoms with Crippen molar-refractivity contribution in [1.29, 1.82) is 0 Å².